The molecule has 2 aromatic carbocycles. The third-order valence-electron chi connectivity index (χ3n) is 2.70. The van der Waals surface area contributed by atoms with Crippen LogP contribution in [0.15, 0.2) is 55.1 Å². The summed E-state index contributed by atoms with van der Waals surface area (Å²) < 4.78 is 5.41. The van der Waals surface area contributed by atoms with Gasteiger partial charge in [-0.05, 0) is 30.3 Å². The smallest absolute Gasteiger partial charge is 0.257 e. The third-order valence-corrected chi connectivity index (χ3v) is 3.01. The van der Waals surface area contributed by atoms with Crippen LogP contribution in [0.4, 0.5) is 11.4 Å². The highest BCUT2D eigenvalue weighted by Crippen LogP contribution is 2.22. The second-order valence-electron chi connectivity index (χ2n) is 4.32. The number of halogens is 1. The minimum Gasteiger partial charge on any atom is -0.489 e. The fraction of sp³-hybridized carbons (Fsp3) is 0.0625. The Labute approximate surface area is 128 Å². The van der Waals surface area contributed by atoms with E-state index in [0.717, 1.165) is 0 Å². The zero-order valence-electron chi connectivity index (χ0n) is 11.3. The van der Waals surface area contributed by atoms with E-state index in [1.807, 2.05) is 0 Å². The number of nitrogens with one attached hydrogen (secondary N) is 1. The molecule has 0 aliphatic heterocycles. The molecular weight excluding hydrogens is 288 g/mol. The summed E-state index contributed by atoms with van der Waals surface area (Å²) in [6, 6.07) is 11.8. The molecule has 0 aliphatic carbocycles. The van der Waals surface area contributed by atoms with Gasteiger partial charge in [-0.3, -0.25) is 4.79 Å². The molecule has 108 valence electrons. The highest BCUT2D eigenvalue weighted by molar-refractivity contribution is 6.34. The molecule has 5 heteroatoms. The number of carbonyl (C=O) groups excluding carboxylic acids is 1. The molecule has 0 heterocycles. The lowest BCUT2D eigenvalue weighted by Crippen LogP contribution is -2.12. The van der Waals surface area contributed by atoms with Gasteiger partial charge in [-0.2, -0.15) is 0 Å². The van der Waals surface area contributed by atoms with Crippen LogP contribution < -0.4 is 15.8 Å². The molecule has 21 heavy (non-hydrogen) atoms. The Balaban J connectivity index is 2.13. The number of hydrogen-bond acceptors (Lipinski definition) is 3. The molecule has 4 nitrogen and oxygen atoms in total. The maximum Gasteiger partial charge on any atom is 0.257 e. The van der Waals surface area contributed by atoms with Crippen LogP contribution in [0.3, 0.4) is 0 Å². The van der Waals surface area contributed by atoms with Gasteiger partial charge >= 0.3 is 0 Å². The van der Waals surface area contributed by atoms with E-state index in [-0.39, 0.29) is 5.91 Å². The number of carbonyl (C=O) groups is 1. The van der Waals surface area contributed by atoms with Crippen LogP contribution in [0, 0.1) is 0 Å². The predicted octanol–water partition coefficient (Wildman–Crippen LogP) is 3.74. The van der Waals surface area contributed by atoms with E-state index in [4.69, 9.17) is 22.1 Å². The van der Waals surface area contributed by atoms with Gasteiger partial charge in [0.1, 0.15) is 12.4 Å². The lowest BCUT2D eigenvalue weighted by Gasteiger charge is -2.09. The average molecular weight is 303 g/mol. The van der Waals surface area contributed by atoms with Crippen molar-refractivity contribution in [3.8, 4) is 5.75 Å². The lowest BCUT2D eigenvalue weighted by atomic mass is 10.2. The van der Waals surface area contributed by atoms with E-state index in [9.17, 15) is 4.79 Å². The molecule has 0 aliphatic rings. The summed E-state index contributed by atoms with van der Waals surface area (Å²) in [5.74, 6) is 0.344. The van der Waals surface area contributed by atoms with Crippen molar-refractivity contribution in [2.75, 3.05) is 17.7 Å². The van der Waals surface area contributed by atoms with Crippen molar-refractivity contribution in [3.63, 3.8) is 0 Å². The summed E-state index contributed by atoms with van der Waals surface area (Å²) in [5.41, 5.74) is 7.10. The number of nitrogens with two attached hydrogens (primary N) is 1. The Morgan fingerprint density at radius 1 is 1.33 bits per heavy atom. The second-order valence-corrected chi connectivity index (χ2v) is 4.73. The van der Waals surface area contributed by atoms with E-state index in [1.54, 1.807) is 48.5 Å². The van der Waals surface area contributed by atoms with Gasteiger partial charge in [0, 0.05) is 17.4 Å². The Morgan fingerprint density at radius 2 is 2.14 bits per heavy atom. The van der Waals surface area contributed by atoms with Crippen molar-refractivity contribution < 1.29 is 9.53 Å². The largest absolute Gasteiger partial charge is 0.489 e. The van der Waals surface area contributed by atoms with Crippen molar-refractivity contribution in [3.05, 3.63) is 65.7 Å². The summed E-state index contributed by atoms with van der Waals surface area (Å²) in [6.45, 7) is 3.99. The number of hydrogen-bond donors (Lipinski definition) is 2. The molecule has 0 saturated heterocycles. The molecule has 0 spiro atoms. The number of anilines is 2. The first-order valence-corrected chi connectivity index (χ1v) is 6.68. The Hall–Kier alpha value is -2.46. The first-order valence-electron chi connectivity index (χ1n) is 6.30. The number of rotatable bonds is 5. The number of nitrogen functional groups attached to an aromatic ring is 1. The molecule has 3 N–H and O–H groups in total. The summed E-state index contributed by atoms with van der Waals surface area (Å²) >= 11 is 6.01. The van der Waals surface area contributed by atoms with Crippen LogP contribution in [0.5, 0.6) is 5.75 Å². The minimum atomic E-state index is -0.305. The molecule has 0 saturated carbocycles. The summed E-state index contributed by atoms with van der Waals surface area (Å²) in [4.78, 5) is 12.2. The number of ether oxygens (including phenoxy) is 1. The summed E-state index contributed by atoms with van der Waals surface area (Å²) in [6.07, 6.45) is 1.65. The summed E-state index contributed by atoms with van der Waals surface area (Å²) in [5, 5.41) is 3.08. The highest BCUT2D eigenvalue weighted by atomic mass is 35.5. The van der Waals surface area contributed by atoms with E-state index in [1.165, 1.54) is 0 Å². The molecule has 0 aromatic heterocycles. The highest BCUT2D eigenvalue weighted by Gasteiger charge is 2.11. The predicted molar refractivity (Wildman–Crippen MR) is 86.0 cm³/mol. The van der Waals surface area contributed by atoms with Gasteiger partial charge in [-0.25, -0.2) is 0 Å². The topological polar surface area (TPSA) is 64.3 Å². The van der Waals surface area contributed by atoms with Crippen molar-refractivity contribution in [2.24, 2.45) is 0 Å². The summed E-state index contributed by atoms with van der Waals surface area (Å²) in [7, 11) is 0. The standard InChI is InChI=1S/C16H15ClN2O2/c1-2-8-21-13-5-3-4-12(10-13)19-16(20)14-7-6-11(18)9-15(14)17/h2-7,9-10H,1,8,18H2,(H,19,20). The molecule has 2 aromatic rings. The van der Waals surface area contributed by atoms with Crippen LogP contribution in [0.1, 0.15) is 10.4 Å². The van der Waals surface area contributed by atoms with Crippen LogP contribution in [0.2, 0.25) is 5.02 Å². The van der Waals surface area contributed by atoms with Crippen LogP contribution in [-0.4, -0.2) is 12.5 Å². The van der Waals surface area contributed by atoms with Crippen LogP contribution in [-0.2, 0) is 0 Å². The average Bonchev–Trinajstić information content (AvgIpc) is 2.45. The Kier molecular flexibility index (Phi) is 4.85. The van der Waals surface area contributed by atoms with E-state index >= 15 is 0 Å². The van der Waals surface area contributed by atoms with Crippen LogP contribution in [0.25, 0.3) is 0 Å². The number of benzene rings is 2. The molecule has 0 atom stereocenters. The SMILES string of the molecule is C=CCOc1cccc(NC(=O)c2ccc(N)cc2Cl)c1. The first-order chi connectivity index (χ1) is 10.1. The monoisotopic (exact) mass is 302 g/mol. The zero-order valence-corrected chi connectivity index (χ0v) is 12.1. The third kappa shape index (κ3) is 4.00. The van der Waals surface area contributed by atoms with Gasteiger partial charge < -0.3 is 15.8 Å². The van der Waals surface area contributed by atoms with E-state index in [0.29, 0.717) is 34.3 Å². The second kappa shape index (κ2) is 6.81. The van der Waals surface area contributed by atoms with Gasteiger partial charge in [0.2, 0.25) is 0 Å². The van der Waals surface area contributed by atoms with Gasteiger partial charge in [0.15, 0.2) is 0 Å². The molecule has 1 amide bonds. The fourth-order valence-corrected chi connectivity index (χ4v) is 2.01. The first kappa shape index (κ1) is 14.9. The van der Waals surface area contributed by atoms with Gasteiger partial charge in [0.25, 0.3) is 5.91 Å². The van der Waals surface area contributed by atoms with E-state index in [2.05, 4.69) is 11.9 Å². The van der Waals surface area contributed by atoms with Crippen molar-refractivity contribution in [1.29, 1.82) is 0 Å². The van der Waals surface area contributed by atoms with Crippen molar-refractivity contribution >= 4 is 28.9 Å². The van der Waals surface area contributed by atoms with Gasteiger partial charge in [-0.15, -0.1) is 0 Å². The normalized spacial score (nSPS) is 9.95. The quantitative estimate of drug-likeness (QED) is 0.653. The Morgan fingerprint density at radius 3 is 2.86 bits per heavy atom. The maximum absolute atomic E-state index is 12.2. The van der Waals surface area contributed by atoms with Gasteiger partial charge in [-0.1, -0.05) is 30.3 Å². The molecule has 0 radical (unpaired) electrons. The number of amides is 1. The van der Waals surface area contributed by atoms with Crippen molar-refractivity contribution in [1.82, 2.24) is 0 Å². The lowest BCUT2D eigenvalue weighted by molar-refractivity contribution is 0.102. The molecule has 0 bridgehead atoms. The molecule has 0 fully saturated rings. The molecule has 0 unspecified atom stereocenters. The minimum absolute atomic E-state index is 0.305. The van der Waals surface area contributed by atoms with Crippen LogP contribution >= 0.6 is 11.6 Å². The fourth-order valence-electron chi connectivity index (χ4n) is 1.73. The Bertz CT molecular complexity index is 671. The zero-order chi connectivity index (χ0) is 15.2. The van der Waals surface area contributed by atoms with E-state index < -0.39 is 0 Å². The maximum atomic E-state index is 12.2. The van der Waals surface area contributed by atoms with Crippen molar-refractivity contribution in [2.45, 2.75) is 0 Å². The molecular formula is C16H15ClN2O2. The van der Waals surface area contributed by atoms with Gasteiger partial charge in [0.05, 0.1) is 10.6 Å². The molecule has 2 rings (SSSR count).